The highest BCUT2D eigenvalue weighted by Crippen LogP contribution is 2.42. The second-order valence-electron chi connectivity index (χ2n) is 5.91. The van der Waals surface area contributed by atoms with Crippen LogP contribution < -0.4 is 0 Å². The Morgan fingerprint density at radius 1 is 1.39 bits per heavy atom. The molecule has 1 saturated carbocycles. The summed E-state index contributed by atoms with van der Waals surface area (Å²) in [5.74, 6) is -0.768. The molecule has 0 heterocycles. The van der Waals surface area contributed by atoms with Gasteiger partial charge in [0.05, 0.1) is 12.8 Å². The lowest BCUT2D eigenvalue weighted by molar-refractivity contribution is -0.155. The van der Waals surface area contributed by atoms with E-state index in [4.69, 9.17) is 9.84 Å². The maximum atomic E-state index is 11.5. The number of carboxylic acids is 1. The van der Waals surface area contributed by atoms with Gasteiger partial charge in [-0.3, -0.25) is 9.59 Å². The molecule has 1 rings (SSSR count). The Morgan fingerprint density at radius 3 is 2.61 bits per heavy atom. The van der Waals surface area contributed by atoms with Gasteiger partial charge in [0.1, 0.15) is 6.10 Å². The maximum Gasteiger partial charge on any atom is 0.306 e. The van der Waals surface area contributed by atoms with Crippen molar-refractivity contribution in [2.45, 2.75) is 65.4 Å². The first-order chi connectivity index (χ1) is 8.33. The van der Waals surface area contributed by atoms with Gasteiger partial charge in [0.25, 0.3) is 0 Å². The molecule has 0 bridgehead atoms. The minimum atomic E-state index is -0.956. The summed E-state index contributed by atoms with van der Waals surface area (Å²) in [6, 6.07) is 0. The second-order valence-corrected chi connectivity index (χ2v) is 5.91. The third kappa shape index (κ3) is 4.31. The first-order valence-electron chi connectivity index (χ1n) is 6.75. The Labute approximate surface area is 109 Å². The molecule has 0 amide bonds. The number of aliphatic carboxylic acids is 1. The first-order valence-corrected chi connectivity index (χ1v) is 6.75. The molecule has 0 aromatic carbocycles. The molecule has 1 aliphatic carbocycles. The molecule has 1 N–H and O–H groups in total. The third-order valence-corrected chi connectivity index (χ3v) is 4.20. The Balaban J connectivity index is 2.43. The molecular formula is C14H24O4. The van der Waals surface area contributed by atoms with E-state index in [0.29, 0.717) is 5.92 Å². The SMILES string of the molecule is CC(C)C1(C)CCCC(OC(=O)CCC(=O)O)C1. The maximum absolute atomic E-state index is 11.5. The fraction of sp³-hybridized carbons (Fsp3) is 0.857. The number of rotatable bonds is 5. The number of carbonyl (C=O) groups excluding carboxylic acids is 1. The van der Waals surface area contributed by atoms with Crippen molar-refractivity contribution in [3.8, 4) is 0 Å². The molecule has 4 nitrogen and oxygen atoms in total. The number of carbonyl (C=O) groups is 2. The summed E-state index contributed by atoms with van der Waals surface area (Å²) < 4.78 is 5.39. The molecule has 0 aromatic rings. The van der Waals surface area contributed by atoms with Crippen molar-refractivity contribution < 1.29 is 19.4 Å². The van der Waals surface area contributed by atoms with Crippen LogP contribution in [0.3, 0.4) is 0 Å². The van der Waals surface area contributed by atoms with E-state index in [1.54, 1.807) is 0 Å². The molecule has 0 aromatic heterocycles. The quantitative estimate of drug-likeness (QED) is 0.768. The van der Waals surface area contributed by atoms with Gasteiger partial charge in [-0.15, -0.1) is 0 Å². The van der Waals surface area contributed by atoms with Crippen molar-refractivity contribution in [3.05, 3.63) is 0 Å². The summed E-state index contributed by atoms with van der Waals surface area (Å²) in [7, 11) is 0. The van der Waals surface area contributed by atoms with Gasteiger partial charge in [0.15, 0.2) is 0 Å². The number of carboxylic acid groups (broad SMARTS) is 1. The largest absolute Gasteiger partial charge is 0.481 e. The third-order valence-electron chi connectivity index (χ3n) is 4.20. The van der Waals surface area contributed by atoms with Crippen molar-refractivity contribution in [2.75, 3.05) is 0 Å². The van der Waals surface area contributed by atoms with Crippen LogP contribution in [-0.4, -0.2) is 23.1 Å². The van der Waals surface area contributed by atoms with Crippen molar-refractivity contribution in [1.82, 2.24) is 0 Å². The van der Waals surface area contributed by atoms with E-state index in [1.165, 1.54) is 6.42 Å². The van der Waals surface area contributed by atoms with Gasteiger partial charge in [-0.2, -0.15) is 0 Å². The molecular weight excluding hydrogens is 232 g/mol. The van der Waals surface area contributed by atoms with Crippen LogP contribution >= 0.6 is 0 Å². The van der Waals surface area contributed by atoms with Crippen LogP contribution in [0.1, 0.15) is 59.3 Å². The summed E-state index contributed by atoms with van der Waals surface area (Å²) in [4.78, 5) is 21.9. The van der Waals surface area contributed by atoms with E-state index >= 15 is 0 Å². The molecule has 1 fully saturated rings. The Kier molecular flexibility index (Phi) is 5.17. The predicted octanol–water partition coefficient (Wildman–Crippen LogP) is 3.00. The minimum absolute atomic E-state index is 0.0236. The van der Waals surface area contributed by atoms with Crippen LogP contribution in [0.25, 0.3) is 0 Å². The van der Waals surface area contributed by atoms with E-state index in [9.17, 15) is 9.59 Å². The zero-order chi connectivity index (χ0) is 13.8. The second kappa shape index (κ2) is 6.21. The van der Waals surface area contributed by atoms with Gasteiger partial charge in [-0.05, 0) is 37.0 Å². The molecule has 4 heteroatoms. The Hall–Kier alpha value is -1.06. The van der Waals surface area contributed by atoms with Crippen LogP contribution in [-0.2, 0) is 14.3 Å². The summed E-state index contributed by atoms with van der Waals surface area (Å²) in [5.41, 5.74) is 0.232. The summed E-state index contributed by atoms with van der Waals surface area (Å²) in [6.45, 7) is 6.65. The molecule has 2 unspecified atom stereocenters. The van der Waals surface area contributed by atoms with Crippen LogP contribution in [0.5, 0.6) is 0 Å². The zero-order valence-electron chi connectivity index (χ0n) is 11.6. The number of hydrogen-bond donors (Lipinski definition) is 1. The van der Waals surface area contributed by atoms with Gasteiger partial charge in [0, 0.05) is 0 Å². The molecule has 104 valence electrons. The smallest absolute Gasteiger partial charge is 0.306 e. The molecule has 18 heavy (non-hydrogen) atoms. The van der Waals surface area contributed by atoms with Crippen LogP contribution in [0.2, 0.25) is 0 Å². The number of ether oxygens (including phenoxy) is 1. The molecule has 2 atom stereocenters. The lowest BCUT2D eigenvalue weighted by Crippen LogP contribution is -2.35. The van der Waals surface area contributed by atoms with Gasteiger partial charge in [-0.25, -0.2) is 0 Å². The molecule has 0 aliphatic heterocycles. The highest BCUT2D eigenvalue weighted by Gasteiger charge is 2.36. The van der Waals surface area contributed by atoms with Gasteiger partial charge in [0.2, 0.25) is 0 Å². The van der Waals surface area contributed by atoms with Gasteiger partial charge >= 0.3 is 11.9 Å². The van der Waals surface area contributed by atoms with E-state index < -0.39 is 5.97 Å². The fourth-order valence-corrected chi connectivity index (χ4v) is 2.54. The summed E-state index contributed by atoms with van der Waals surface area (Å²) in [6.07, 6.45) is 3.84. The lowest BCUT2D eigenvalue weighted by atomic mass is 9.67. The normalized spacial score (nSPS) is 28.1. The highest BCUT2D eigenvalue weighted by molar-refractivity contribution is 5.76. The minimum Gasteiger partial charge on any atom is -0.481 e. The van der Waals surface area contributed by atoms with Crippen LogP contribution in [0, 0.1) is 11.3 Å². The predicted molar refractivity (Wildman–Crippen MR) is 68.2 cm³/mol. The molecule has 0 saturated heterocycles. The monoisotopic (exact) mass is 256 g/mol. The van der Waals surface area contributed by atoms with Crippen LogP contribution in [0.4, 0.5) is 0 Å². The van der Waals surface area contributed by atoms with Crippen molar-refractivity contribution >= 4 is 11.9 Å². The summed E-state index contributed by atoms with van der Waals surface area (Å²) in [5, 5.41) is 8.52. The Morgan fingerprint density at radius 2 is 2.06 bits per heavy atom. The van der Waals surface area contributed by atoms with Crippen molar-refractivity contribution in [3.63, 3.8) is 0 Å². The molecule has 0 spiro atoms. The topological polar surface area (TPSA) is 63.6 Å². The molecule has 1 aliphatic rings. The average molecular weight is 256 g/mol. The Bertz CT molecular complexity index is 311. The van der Waals surface area contributed by atoms with Gasteiger partial charge < -0.3 is 9.84 Å². The summed E-state index contributed by atoms with van der Waals surface area (Å²) >= 11 is 0. The first kappa shape index (κ1) is 15.0. The van der Waals surface area contributed by atoms with E-state index in [-0.39, 0.29) is 30.3 Å². The standard InChI is InChI=1S/C14H24O4/c1-10(2)14(3)8-4-5-11(9-14)18-13(17)7-6-12(15)16/h10-11H,4-9H2,1-3H3,(H,15,16). The number of esters is 1. The van der Waals surface area contributed by atoms with Crippen molar-refractivity contribution in [2.24, 2.45) is 11.3 Å². The van der Waals surface area contributed by atoms with Crippen LogP contribution in [0.15, 0.2) is 0 Å². The highest BCUT2D eigenvalue weighted by atomic mass is 16.5. The zero-order valence-corrected chi connectivity index (χ0v) is 11.6. The van der Waals surface area contributed by atoms with Crippen molar-refractivity contribution in [1.29, 1.82) is 0 Å². The number of hydrogen-bond acceptors (Lipinski definition) is 3. The van der Waals surface area contributed by atoms with E-state index in [2.05, 4.69) is 20.8 Å². The average Bonchev–Trinajstić information content (AvgIpc) is 2.26. The molecule has 0 radical (unpaired) electrons. The fourth-order valence-electron chi connectivity index (χ4n) is 2.54. The van der Waals surface area contributed by atoms with E-state index in [1.807, 2.05) is 0 Å². The van der Waals surface area contributed by atoms with E-state index in [0.717, 1.165) is 19.3 Å². The van der Waals surface area contributed by atoms with Gasteiger partial charge in [-0.1, -0.05) is 20.8 Å². The lowest BCUT2D eigenvalue weighted by Gasteiger charge is -2.40.